The predicted molar refractivity (Wildman–Crippen MR) is 73.4 cm³/mol. The molecular weight excluding hydrogens is 234 g/mol. The molecule has 17 heavy (non-hydrogen) atoms. The maximum atomic E-state index is 12.3. The highest BCUT2D eigenvalue weighted by Crippen LogP contribution is 2.27. The second-order valence-corrected chi connectivity index (χ2v) is 5.08. The zero-order chi connectivity index (χ0) is 12.9. The second kappa shape index (κ2) is 6.31. The van der Waals surface area contributed by atoms with Crippen LogP contribution in [0.2, 0.25) is 0 Å². The molecule has 1 saturated heterocycles. The molecule has 0 aromatic heterocycles. The Morgan fingerprint density at radius 3 is 2.24 bits per heavy atom. The fourth-order valence-corrected chi connectivity index (χ4v) is 2.67. The molecule has 0 aliphatic carbocycles. The maximum Gasteiger partial charge on any atom is 0.247 e. The van der Waals surface area contributed by atoms with E-state index in [9.17, 15) is 4.79 Å². The molecule has 0 aromatic carbocycles. The Bertz CT molecular complexity index is 283. The molecule has 1 heterocycles. The Morgan fingerprint density at radius 2 is 1.82 bits per heavy atom. The van der Waals surface area contributed by atoms with Gasteiger partial charge in [-0.05, 0) is 25.7 Å². The van der Waals surface area contributed by atoms with Crippen LogP contribution in [-0.2, 0) is 4.79 Å². The molecule has 0 unspecified atom stereocenters. The predicted octanol–water partition coefficient (Wildman–Crippen LogP) is 1.60. The van der Waals surface area contributed by atoms with Gasteiger partial charge in [-0.25, -0.2) is 5.01 Å². The molecular formula is C12H23N3OS. The van der Waals surface area contributed by atoms with Gasteiger partial charge in [0.05, 0.1) is 10.4 Å². The van der Waals surface area contributed by atoms with Gasteiger partial charge < -0.3 is 5.73 Å². The van der Waals surface area contributed by atoms with E-state index < -0.39 is 5.41 Å². The van der Waals surface area contributed by atoms with Gasteiger partial charge in [0.2, 0.25) is 5.91 Å². The van der Waals surface area contributed by atoms with Crippen molar-refractivity contribution in [2.45, 2.75) is 46.0 Å². The van der Waals surface area contributed by atoms with Crippen molar-refractivity contribution >= 4 is 23.1 Å². The zero-order valence-electron chi connectivity index (χ0n) is 10.8. The van der Waals surface area contributed by atoms with Crippen LogP contribution in [0.5, 0.6) is 0 Å². The number of hydrazine groups is 1. The molecule has 0 saturated carbocycles. The SMILES string of the molecule is CCC(CC)(C(=O)NN1CCCCC1)C(N)=S. The van der Waals surface area contributed by atoms with Crippen molar-refractivity contribution in [3.8, 4) is 0 Å². The minimum Gasteiger partial charge on any atom is -0.392 e. The van der Waals surface area contributed by atoms with E-state index in [1.54, 1.807) is 0 Å². The third-order valence-electron chi connectivity index (χ3n) is 3.73. The fourth-order valence-electron chi connectivity index (χ4n) is 2.29. The highest BCUT2D eigenvalue weighted by molar-refractivity contribution is 7.80. The van der Waals surface area contributed by atoms with Gasteiger partial charge in [0.1, 0.15) is 0 Å². The second-order valence-electron chi connectivity index (χ2n) is 4.64. The summed E-state index contributed by atoms with van der Waals surface area (Å²) in [5.74, 6) is -0.0445. The molecule has 1 rings (SSSR count). The van der Waals surface area contributed by atoms with Crippen LogP contribution >= 0.6 is 12.2 Å². The maximum absolute atomic E-state index is 12.3. The number of nitrogens with two attached hydrogens (primary N) is 1. The van der Waals surface area contributed by atoms with Crippen LogP contribution in [0, 0.1) is 5.41 Å². The average molecular weight is 257 g/mol. The number of amides is 1. The minimum absolute atomic E-state index is 0.0445. The summed E-state index contributed by atoms with van der Waals surface area (Å²) in [6.45, 7) is 5.76. The summed E-state index contributed by atoms with van der Waals surface area (Å²) in [6, 6.07) is 0. The molecule has 1 fully saturated rings. The smallest absolute Gasteiger partial charge is 0.247 e. The molecule has 4 nitrogen and oxygen atoms in total. The number of piperidine rings is 1. The largest absolute Gasteiger partial charge is 0.392 e. The molecule has 0 atom stereocenters. The Morgan fingerprint density at radius 1 is 1.29 bits per heavy atom. The quantitative estimate of drug-likeness (QED) is 0.735. The highest BCUT2D eigenvalue weighted by Gasteiger charge is 2.38. The summed E-state index contributed by atoms with van der Waals surface area (Å²) in [4.78, 5) is 12.6. The normalized spacial score (nSPS) is 17.8. The van der Waals surface area contributed by atoms with E-state index in [-0.39, 0.29) is 5.91 Å². The molecule has 0 aromatic rings. The van der Waals surface area contributed by atoms with Gasteiger partial charge in [-0.1, -0.05) is 32.5 Å². The van der Waals surface area contributed by atoms with Crippen molar-refractivity contribution in [1.29, 1.82) is 0 Å². The standard InChI is InChI=1S/C12H23N3OS/c1-3-12(4-2,10(13)17)11(16)14-15-8-6-5-7-9-15/h3-9H2,1-2H3,(H2,13,17)(H,14,16). The van der Waals surface area contributed by atoms with E-state index in [0.29, 0.717) is 17.8 Å². The lowest BCUT2D eigenvalue weighted by Crippen LogP contribution is -2.54. The van der Waals surface area contributed by atoms with Gasteiger partial charge in [-0.15, -0.1) is 0 Å². The monoisotopic (exact) mass is 257 g/mol. The number of carbonyl (C=O) groups is 1. The Kier molecular flexibility index (Phi) is 5.33. The first-order valence-electron chi connectivity index (χ1n) is 6.42. The Hall–Kier alpha value is -0.680. The molecule has 0 bridgehead atoms. The summed E-state index contributed by atoms with van der Waals surface area (Å²) >= 11 is 5.07. The first-order chi connectivity index (χ1) is 8.06. The van der Waals surface area contributed by atoms with Crippen molar-refractivity contribution < 1.29 is 4.79 Å². The fraction of sp³-hybridized carbons (Fsp3) is 0.833. The summed E-state index contributed by atoms with van der Waals surface area (Å²) in [7, 11) is 0. The van der Waals surface area contributed by atoms with Gasteiger partial charge >= 0.3 is 0 Å². The lowest BCUT2D eigenvalue weighted by atomic mass is 9.81. The van der Waals surface area contributed by atoms with Gasteiger partial charge in [-0.3, -0.25) is 10.2 Å². The van der Waals surface area contributed by atoms with E-state index in [2.05, 4.69) is 5.43 Å². The first-order valence-corrected chi connectivity index (χ1v) is 6.83. The van der Waals surface area contributed by atoms with Crippen LogP contribution in [0.1, 0.15) is 46.0 Å². The number of hydrogen-bond acceptors (Lipinski definition) is 3. The lowest BCUT2D eigenvalue weighted by molar-refractivity contribution is -0.133. The van der Waals surface area contributed by atoms with Gasteiger partial charge in [0.25, 0.3) is 0 Å². The molecule has 1 aliphatic rings. The summed E-state index contributed by atoms with van der Waals surface area (Å²) < 4.78 is 0. The van der Waals surface area contributed by atoms with Crippen molar-refractivity contribution in [2.24, 2.45) is 11.1 Å². The van der Waals surface area contributed by atoms with Crippen LogP contribution < -0.4 is 11.2 Å². The Balaban J connectivity index is 2.67. The van der Waals surface area contributed by atoms with E-state index >= 15 is 0 Å². The molecule has 1 aliphatic heterocycles. The van der Waals surface area contributed by atoms with E-state index in [4.69, 9.17) is 18.0 Å². The van der Waals surface area contributed by atoms with Gasteiger partial charge in [0, 0.05) is 13.1 Å². The summed E-state index contributed by atoms with van der Waals surface area (Å²) in [6.07, 6.45) is 4.82. The number of rotatable bonds is 5. The van der Waals surface area contributed by atoms with Gasteiger partial charge in [0.15, 0.2) is 0 Å². The van der Waals surface area contributed by atoms with Crippen molar-refractivity contribution in [1.82, 2.24) is 10.4 Å². The van der Waals surface area contributed by atoms with E-state index in [1.165, 1.54) is 6.42 Å². The first kappa shape index (κ1) is 14.4. The number of hydrogen-bond donors (Lipinski definition) is 2. The minimum atomic E-state index is -0.688. The number of thiocarbonyl (C=S) groups is 1. The van der Waals surface area contributed by atoms with Crippen molar-refractivity contribution in [3.05, 3.63) is 0 Å². The van der Waals surface area contributed by atoms with E-state index in [1.807, 2.05) is 18.9 Å². The molecule has 1 amide bonds. The van der Waals surface area contributed by atoms with Crippen LogP contribution in [-0.4, -0.2) is 29.0 Å². The van der Waals surface area contributed by atoms with Crippen LogP contribution in [0.15, 0.2) is 0 Å². The number of carbonyl (C=O) groups excluding carboxylic acids is 1. The zero-order valence-corrected chi connectivity index (χ0v) is 11.6. The number of nitrogens with one attached hydrogen (secondary N) is 1. The highest BCUT2D eigenvalue weighted by atomic mass is 32.1. The third-order valence-corrected chi connectivity index (χ3v) is 4.12. The van der Waals surface area contributed by atoms with Crippen LogP contribution in [0.25, 0.3) is 0 Å². The van der Waals surface area contributed by atoms with Crippen LogP contribution in [0.3, 0.4) is 0 Å². The lowest BCUT2D eigenvalue weighted by Gasteiger charge is -2.34. The summed E-state index contributed by atoms with van der Waals surface area (Å²) in [5.41, 5.74) is 8.03. The number of nitrogens with zero attached hydrogens (tertiary/aromatic N) is 1. The molecule has 0 radical (unpaired) electrons. The van der Waals surface area contributed by atoms with Crippen molar-refractivity contribution in [3.63, 3.8) is 0 Å². The topological polar surface area (TPSA) is 58.4 Å². The van der Waals surface area contributed by atoms with Crippen LogP contribution in [0.4, 0.5) is 0 Å². The molecule has 3 N–H and O–H groups in total. The summed E-state index contributed by atoms with van der Waals surface area (Å²) in [5, 5.41) is 1.99. The molecule has 5 heteroatoms. The van der Waals surface area contributed by atoms with E-state index in [0.717, 1.165) is 25.9 Å². The molecule has 98 valence electrons. The third kappa shape index (κ3) is 3.16. The Labute approximate surface area is 109 Å². The van der Waals surface area contributed by atoms with Crippen molar-refractivity contribution in [2.75, 3.05) is 13.1 Å². The average Bonchev–Trinajstić information content (AvgIpc) is 2.32. The molecule has 0 spiro atoms. The van der Waals surface area contributed by atoms with Gasteiger partial charge in [-0.2, -0.15) is 0 Å².